The van der Waals surface area contributed by atoms with Crippen molar-refractivity contribution in [3.63, 3.8) is 0 Å². The van der Waals surface area contributed by atoms with Gasteiger partial charge < -0.3 is 75.7 Å². The Morgan fingerprint density at radius 1 is 0.254 bits per heavy atom. The minimum atomic E-state index is -1.79. The van der Waals surface area contributed by atoms with Crippen molar-refractivity contribution >= 4 is 71.6 Å². The second kappa shape index (κ2) is 28.2. The van der Waals surface area contributed by atoms with Gasteiger partial charge in [-0.3, -0.25) is 0 Å². The van der Waals surface area contributed by atoms with Crippen molar-refractivity contribution in [1.29, 1.82) is 0 Å². The summed E-state index contributed by atoms with van der Waals surface area (Å²) in [5.41, 5.74) is -5.57. The molecule has 0 saturated carbocycles. The molecule has 0 aliphatic carbocycles. The number of carbonyl (C=O) groups is 12. The standard InChI is InChI=1S/4C9H6O6.3Th/c4*10-7(11)4-1-2-5(8(12)13)6(3-4)9(14)15;;;/h4*1-3H,(H,10,11)(H,12,13)(H,14,15);;;/p-3. The zero-order valence-electron chi connectivity index (χ0n) is 30.6. The first-order valence-corrected chi connectivity index (χ1v) is 15.0. The first-order valence-electron chi connectivity index (χ1n) is 15.0. The van der Waals surface area contributed by atoms with Crippen molar-refractivity contribution in [2.75, 3.05) is 0 Å². The third-order valence-corrected chi connectivity index (χ3v) is 6.88. The van der Waals surface area contributed by atoms with Crippen LogP contribution in [0.1, 0.15) is 124 Å². The molecule has 324 valence electrons. The van der Waals surface area contributed by atoms with Gasteiger partial charge >= 0.3 is 53.7 Å². The third kappa shape index (κ3) is 18.8. The van der Waals surface area contributed by atoms with Crippen LogP contribution in [0.2, 0.25) is 0 Å². The van der Waals surface area contributed by atoms with Gasteiger partial charge in [-0.1, -0.05) is 12.1 Å². The average molecular weight is 1530 g/mol. The summed E-state index contributed by atoms with van der Waals surface area (Å²) in [6.45, 7) is 0. The maximum absolute atomic E-state index is 10.6. The predicted octanol–water partition coefficient (Wildman–Crippen LogP) is -0.879. The van der Waals surface area contributed by atoms with Gasteiger partial charge in [0.05, 0.1) is 68.0 Å². The summed E-state index contributed by atoms with van der Waals surface area (Å²) in [6.07, 6.45) is 0. The molecule has 4 aromatic carbocycles. The van der Waals surface area contributed by atoms with Gasteiger partial charge in [0.15, 0.2) is 0 Å². The number of benzene rings is 4. The van der Waals surface area contributed by atoms with E-state index in [2.05, 4.69) is 0 Å². The zero-order valence-corrected chi connectivity index (χ0v) is 42.9. The van der Waals surface area contributed by atoms with Crippen LogP contribution in [0.5, 0.6) is 0 Å². The minimum Gasteiger partial charge on any atom is -0.545 e. The van der Waals surface area contributed by atoms with Gasteiger partial charge in [-0.05, 0) is 66.2 Å². The van der Waals surface area contributed by atoms with Gasteiger partial charge in [0.25, 0.3) is 0 Å². The Bertz CT molecular complexity index is 2150. The maximum atomic E-state index is 10.6. The number of hydrogen-bond donors (Lipinski definition) is 9. The monoisotopic (exact) mass is 1530 g/mol. The molecule has 0 saturated heterocycles. The molecule has 4 aromatic rings. The van der Waals surface area contributed by atoms with Crippen LogP contribution in [0, 0.1) is 120 Å². The van der Waals surface area contributed by atoms with E-state index in [1.165, 1.54) is 0 Å². The van der Waals surface area contributed by atoms with Gasteiger partial charge in [-0.2, -0.15) is 0 Å². The minimum absolute atomic E-state index is 0. The van der Waals surface area contributed by atoms with Gasteiger partial charge in [0, 0.05) is 131 Å². The molecule has 27 heteroatoms. The summed E-state index contributed by atoms with van der Waals surface area (Å²) in [4.78, 5) is 127. The van der Waals surface area contributed by atoms with Crippen molar-refractivity contribution in [2.24, 2.45) is 0 Å². The van der Waals surface area contributed by atoms with Crippen LogP contribution in [0.15, 0.2) is 72.8 Å². The number of aromatic carboxylic acids is 12. The molecular weight excluding hydrogens is 1510 g/mol. The summed E-state index contributed by atoms with van der Waals surface area (Å²) >= 11 is 0. The van der Waals surface area contributed by atoms with E-state index in [0.29, 0.717) is 6.07 Å². The molecule has 0 fully saturated rings. The molecule has 24 nitrogen and oxygen atoms in total. The Balaban J connectivity index is -0.000000750. The first kappa shape index (κ1) is 61.8. The number of hydrogen-bond acceptors (Lipinski definition) is 15. The second-order valence-electron chi connectivity index (χ2n) is 10.7. The molecule has 63 heavy (non-hydrogen) atoms. The van der Waals surface area contributed by atoms with E-state index in [9.17, 15) is 72.9 Å². The van der Waals surface area contributed by atoms with Gasteiger partial charge in [0.1, 0.15) is 0 Å². The smallest absolute Gasteiger partial charge is 0.336 e. The van der Waals surface area contributed by atoms with E-state index < -0.39 is 122 Å². The van der Waals surface area contributed by atoms with E-state index in [0.717, 1.165) is 66.7 Å². The normalized spacial score (nSPS) is 9.14. The van der Waals surface area contributed by atoms with Crippen molar-refractivity contribution in [1.82, 2.24) is 0 Å². The van der Waals surface area contributed by atoms with Crippen LogP contribution in [-0.2, 0) is 0 Å². The van der Waals surface area contributed by atoms with Crippen LogP contribution >= 0.6 is 0 Å². The molecule has 0 atom stereocenters. The summed E-state index contributed by atoms with van der Waals surface area (Å²) in [5, 5.41) is 109. The molecule has 0 bridgehead atoms. The summed E-state index contributed by atoms with van der Waals surface area (Å²) in [7, 11) is 0. The van der Waals surface area contributed by atoms with Crippen LogP contribution in [0.4, 0.5) is 0 Å². The largest absolute Gasteiger partial charge is 0.545 e. The van der Waals surface area contributed by atoms with Gasteiger partial charge in [-0.15, -0.1) is 0 Å². The van der Waals surface area contributed by atoms with Gasteiger partial charge in [0.2, 0.25) is 0 Å². The zero-order chi connectivity index (χ0) is 46.3. The topological polar surface area (TPSA) is 456 Å². The summed E-state index contributed by atoms with van der Waals surface area (Å²) in [6, 6.07) is 10.8. The Hall–Kier alpha value is -5.51. The van der Waals surface area contributed by atoms with E-state index in [1.54, 1.807) is 0 Å². The number of rotatable bonds is 12. The van der Waals surface area contributed by atoms with Crippen molar-refractivity contribution in [2.45, 2.75) is 0 Å². The molecule has 0 aromatic heterocycles. The van der Waals surface area contributed by atoms with E-state index in [4.69, 9.17) is 46.0 Å². The summed E-state index contributed by atoms with van der Waals surface area (Å²) < 4.78 is 0. The molecule has 0 radical (unpaired) electrons. The van der Waals surface area contributed by atoms with E-state index >= 15 is 0 Å². The van der Waals surface area contributed by atoms with Crippen molar-refractivity contribution in [3.05, 3.63) is 140 Å². The molecule has 0 spiro atoms. The first-order chi connectivity index (χ1) is 27.7. The molecular formula is C36H21O24Th3-3. The molecule has 0 aliphatic heterocycles. The Kier molecular flexibility index (Phi) is 27.7. The maximum Gasteiger partial charge on any atom is 0.336 e. The van der Waals surface area contributed by atoms with E-state index in [1.807, 2.05) is 0 Å². The Morgan fingerprint density at radius 2 is 0.460 bits per heavy atom. The second-order valence-corrected chi connectivity index (χ2v) is 10.7. The number of carbonyl (C=O) groups excluding carboxylic acids is 3. The molecule has 4 rings (SSSR count). The molecule has 0 heterocycles. The summed E-state index contributed by atoms with van der Waals surface area (Å²) in [5.74, 6) is -17.7. The number of carboxylic acid groups (broad SMARTS) is 12. The fraction of sp³-hybridized carbons (Fsp3) is 0. The van der Waals surface area contributed by atoms with Crippen LogP contribution < -0.4 is 15.3 Å². The fourth-order valence-corrected chi connectivity index (χ4v) is 4.14. The van der Waals surface area contributed by atoms with Crippen LogP contribution in [0.25, 0.3) is 0 Å². The Labute approximate surface area is 444 Å². The third-order valence-electron chi connectivity index (χ3n) is 6.88. The molecule has 0 unspecified atom stereocenters. The molecule has 0 aliphatic rings. The SMILES string of the molecule is O=C(O)c1ccc(C(=O)O)c(C(=O)O)c1.O=C(O)c1ccc(C(=O)O)c(C(=O)O)c1.O=C(O)c1ccc(C(=O)O)c(C(=O)O)c1.O=C([O-])c1ccc(C(=O)[O-])c(C(=O)[O-])c1.[Th].[Th].[Th]. The molecule has 9 N–H and O–H groups in total. The van der Waals surface area contributed by atoms with Crippen LogP contribution in [0.3, 0.4) is 0 Å². The average Bonchev–Trinajstić information content (AvgIpc) is 3.17. The predicted molar refractivity (Wildman–Crippen MR) is 181 cm³/mol. The molecule has 0 amide bonds. The quantitative estimate of drug-likeness (QED) is 0.0832. The van der Waals surface area contributed by atoms with E-state index in [-0.39, 0.29) is 137 Å². The van der Waals surface area contributed by atoms with Gasteiger partial charge in [-0.25, -0.2) is 43.2 Å². The van der Waals surface area contributed by atoms with Crippen LogP contribution in [-0.4, -0.2) is 118 Å². The van der Waals surface area contributed by atoms with Crippen molar-refractivity contribution < 1.29 is 239 Å². The van der Waals surface area contributed by atoms with Crippen molar-refractivity contribution in [3.8, 4) is 0 Å². The number of carboxylic acids is 12. The Morgan fingerprint density at radius 3 is 0.651 bits per heavy atom. The fourth-order valence-electron chi connectivity index (χ4n) is 4.14.